The highest BCUT2D eigenvalue weighted by Gasteiger charge is 2.19. The first-order chi connectivity index (χ1) is 12.7. The van der Waals surface area contributed by atoms with Gasteiger partial charge in [-0.05, 0) is 59.9 Å². The van der Waals surface area contributed by atoms with E-state index >= 15 is 0 Å². The van der Waals surface area contributed by atoms with Gasteiger partial charge in [-0.3, -0.25) is 0 Å². The average molecular weight is 366 g/mol. The lowest BCUT2D eigenvalue weighted by Crippen LogP contribution is -2.14. The van der Waals surface area contributed by atoms with Crippen molar-refractivity contribution in [1.29, 1.82) is 0 Å². The fourth-order valence-electron chi connectivity index (χ4n) is 4.12. The number of aryl methyl sites for hydroxylation is 2. The van der Waals surface area contributed by atoms with Crippen molar-refractivity contribution in [2.45, 2.75) is 64.3 Å². The molecular weight excluding hydrogens is 335 g/mol. The Morgan fingerprint density at radius 3 is 2.19 bits per heavy atom. The van der Waals surface area contributed by atoms with E-state index in [9.17, 15) is 4.39 Å². The second-order valence-electron chi connectivity index (χ2n) is 8.00. The summed E-state index contributed by atoms with van der Waals surface area (Å²) in [7, 11) is 3.68. The summed E-state index contributed by atoms with van der Waals surface area (Å²) in [5, 5.41) is 0. The molecule has 2 heteroatoms. The van der Waals surface area contributed by atoms with Crippen LogP contribution in [0.4, 0.5) is 4.39 Å². The molecule has 1 aliphatic rings. The van der Waals surface area contributed by atoms with Gasteiger partial charge in [0, 0.05) is 10.2 Å². The fourth-order valence-corrected chi connectivity index (χ4v) is 4.53. The standard InChI is InChI=1S/C24H30FSi/c1-18-6-13-23(16-24(18)25)22-14-11-20(12-15-22)5-3-2-4-19-7-9-21(17-26)10-8-19/h6,11-16,19,21H,2-5,7-10,17H2,1H3. The maximum atomic E-state index is 13.7. The molecule has 2 aromatic rings. The van der Waals surface area contributed by atoms with Gasteiger partial charge in [0.25, 0.3) is 0 Å². The SMILES string of the molecule is Cc1ccc(-c2ccc(CCCCC3CCC(C[Si])CC3)cc2)cc1F. The Labute approximate surface area is 161 Å². The highest BCUT2D eigenvalue weighted by atomic mass is 28.1. The van der Waals surface area contributed by atoms with Crippen LogP contribution in [0.2, 0.25) is 6.04 Å². The van der Waals surface area contributed by atoms with Crippen molar-refractivity contribution in [2.24, 2.45) is 11.8 Å². The van der Waals surface area contributed by atoms with Gasteiger partial charge in [0.2, 0.25) is 0 Å². The van der Waals surface area contributed by atoms with Crippen LogP contribution in [-0.4, -0.2) is 10.2 Å². The quantitative estimate of drug-likeness (QED) is 0.369. The van der Waals surface area contributed by atoms with Crippen LogP contribution in [-0.2, 0) is 6.42 Å². The summed E-state index contributed by atoms with van der Waals surface area (Å²) in [6.07, 6.45) is 10.8. The van der Waals surface area contributed by atoms with Gasteiger partial charge in [-0.2, -0.15) is 0 Å². The van der Waals surface area contributed by atoms with E-state index < -0.39 is 0 Å². The summed E-state index contributed by atoms with van der Waals surface area (Å²) in [6.45, 7) is 1.80. The van der Waals surface area contributed by atoms with Crippen molar-refractivity contribution >= 4 is 10.2 Å². The maximum Gasteiger partial charge on any atom is 0.126 e. The summed E-state index contributed by atoms with van der Waals surface area (Å²) in [5.74, 6) is 1.75. The minimum Gasteiger partial charge on any atom is -0.207 e. The zero-order chi connectivity index (χ0) is 18.4. The van der Waals surface area contributed by atoms with Gasteiger partial charge in [0.1, 0.15) is 5.82 Å². The van der Waals surface area contributed by atoms with Crippen LogP contribution in [0.3, 0.4) is 0 Å². The number of unbranched alkanes of at least 4 members (excludes halogenated alkanes) is 1. The molecule has 0 unspecified atom stereocenters. The van der Waals surface area contributed by atoms with Gasteiger partial charge in [0.15, 0.2) is 0 Å². The third-order valence-corrected chi connectivity index (χ3v) is 6.62. The highest BCUT2D eigenvalue weighted by molar-refractivity contribution is 6.08. The first kappa shape index (κ1) is 19.4. The zero-order valence-corrected chi connectivity index (χ0v) is 16.9. The molecule has 1 aliphatic carbocycles. The van der Waals surface area contributed by atoms with E-state index in [0.29, 0.717) is 5.56 Å². The Hall–Kier alpha value is -1.41. The minimum atomic E-state index is -0.128. The number of benzene rings is 2. The first-order valence-corrected chi connectivity index (χ1v) is 10.9. The van der Waals surface area contributed by atoms with Gasteiger partial charge >= 0.3 is 0 Å². The molecule has 1 fully saturated rings. The van der Waals surface area contributed by atoms with Gasteiger partial charge in [-0.1, -0.05) is 81.0 Å². The molecule has 0 N–H and O–H groups in total. The molecule has 1 saturated carbocycles. The van der Waals surface area contributed by atoms with Crippen molar-refractivity contribution in [2.75, 3.05) is 0 Å². The Bertz CT molecular complexity index is 684. The molecule has 137 valence electrons. The van der Waals surface area contributed by atoms with E-state index in [0.717, 1.165) is 29.4 Å². The monoisotopic (exact) mass is 365 g/mol. The van der Waals surface area contributed by atoms with Crippen LogP contribution in [0.25, 0.3) is 11.1 Å². The largest absolute Gasteiger partial charge is 0.207 e. The predicted octanol–water partition coefficient (Wildman–Crippen LogP) is 6.91. The minimum absolute atomic E-state index is 0.128. The number of hydrogen-bond donors (Lipinski definition) is 0. The molecule has 2 aromatic carbocycles. The first-order valence-electron chi connectivity index (χ1n) is 10.2. The number of hydrogen-bond acceptors (Lipinski definition) is 0. The van der Waals surface area contributed by atoms with Crippen LogP contribution in [0, 0.1) is 24.6 Å². The summed E-state index contributed by atoms with van der Waals surface area (Å²) in [5.41, 5.74) is 4.14. The summed E-state index contributed by atoms with van der Waals surface area (Å²) in [4.78, 5) is 0. The molecule has 0 heterocycles. The van der Waals surface area contributed by atoms with Gasteiger partial charge in [0.05, 0.1) is 0 Å². The van der Waals surface area contributed by atoms with Crippen LogP contribution >= 0.6 is 0 Å². The second-order valence-corrected chi connectivity index (χ2v) is 8.41. The molecule has 0 spiro atoms. The fraction of sp³-hybridized carbons (Fsp3) is 0.500. The van der Waals surface area contributed by atoms with Crippen LogP contribution in [0.5, 0.6) is 0 Å². The van der Waals surface area contributed by atoms with Crippen molar-refractivity contribution < 1.29 is 4.39 Å². The third-order valence-electron chi connectivity index (χ3n) is 6.04. The summed E-state index contributed by atoms with van der Waals surface area (Å²) in [6, 6.07) is 15.3. The van der Waals surface area contributed by atoms with Gasteiger partial charge in [-0.15, -0.1) is 0 Å². The van der Waals surface area contributed by atoms with Gasteiger partial charge < -0.3 is 0 Å². The lowest BCUT2D eigenvalue weighted by atomic mass is 9.80. The predicted molar refractivity (Wildman–Crippen MR) is 110 cm³/mol. The summed E-state index contributed by atoms with van der Waals surface area (Å²) >= 11 is 0. The van der Waals surface area contributed by atoms with E-state index in [4.69, 9.17) is 0 Å². The van der Waals surface area contributed by atoms with Crippen molar-refractivity contribution in [3.05, 3.63) is 59.4 Å². The Morgan fingerprint density at radius 2 is 1.54 bits per heavy atom. The number of halogens is 1. The Kier molecular flexibility index (Phi) is 7.07. The summed E-state index contributed by atoms with van der Waals surface area (Å²) < 4.78 is 13.7. The van der Waals surface area contributed by atoms with Crippen LogP contribution < -0.4 is 0 Å². The highest BCUT2D eigenvalue weighted by Crippen LogP contribution is 2.33. The van der Waals surface area contributed by atoms with Crippen molar-refractivity contribution in [1.82, 2.24) is 0 Å². The lowest BCUT2D eigenvalue weighted by molar-refractivity contribution is 0.272. The molecule has 0 atom stereocenters. The smallest absolute Gasteiger partial charge is 0.126 e. The molecular formula is C24H30FSi. The van der Waals surface area contributed by atoms with Crippen molar-refractivity contribution in [3.63, 3.8) is 0 Å². The third kappa shape index (κ3) is 5.29. The molecule has 0 nitrogen and oxygen atoms in total. The normalized spacial score (nSPS) is 20.3. The number of rotatable bonds is 7. The molecule has 3 radical (unpaired) electrons. The zero-order valence-electron chi connectivity index (χ0n) is 15.9. The second kappa shape index (κ2) is 9.50. The van der Waals surface area contributed by atoms with E-state index in [2.05, 4.69) is 34.5 Å². The maximum absolute atomic E-state index is 13.7. The average Bonchev–Trinajstić information content (AvgIpc) is 2.68. The van der Waals surface area contributed by atoms with E-state index in [1.165, 1.54) is 56.6 Å². The van der Waals surface area contributed by atoms with Crippen molar-refractivity contribution in [3.8, 4) is 11.1 Å². The topological polar surface area (TPSA) is 0 Å². The van der Waals surface area contributed by atoms with E-state index in [1.54, 1.807) is 13.0 Å². The van der Waals surface area contributed by atoms with E-state index in [-0.39, 0.29) is 5.82 Å². The molecule has 0 saturated heterocycles. The molecule has 26 heavy (non-hydrogen) atoms. The Balaban J connectivity index is 1.42. The Morgan fingerprint density at radius 1 is 0.885 bits per heavy atom. The molecule has 3 rings (SSSR count). The van der Waals surface area contributed by atoms with Crippen LogP contribution in [0.1, 0.15) is 56.1 Å². The molecule has 0 aromatic heterocycles. The van der Waals surface area contributed by atoms with Crippen LogP contribution in [0.15, 0.2) is 42.5 Å². The lowest BCUT2D eigenvalue weighted by Gasteiger charge is -2.27. The van der Waals surface area contributed by atoms with E-state index in [1.807, 2.05) is 12.1 Å². The molecule has 0 amide bonds. The molecule has 0 aliphatic heterocycles. The van der Waals surface area contributed by atoms with Gasteiger partial charge in [-0.25, -0.2) is 4.39 Å². The molecule has 0 bridgehead atoms.